The van der Waals surface area contributed by atoms with Gasteiger partial charge in [-0.2, -0.15) is 5.26 Å². The number of rotatable bonds is 14. The van der Waals surface area contributed by atoms with Crippen molar-refractivity contribution in [3.05, 3.63) is 24.0 Å². The van der Waals surface area contributed by atoms with Crippen molar-refractivity contribution in [2.45, 2.75) is 84.0 Å². The Morgan fingerprint density at radius 1 is 0.909 bits per heavy atom. The third-order valence-electron chi connectivity index (χ3n) is 3.66. The van der Waals surface area contributed by atoms with E-state index in [-0.39, 0.29) is 0 Å². The van der Waals surface area contributed by atoms with Crippen molar-refractivity contribution >= 4 is 5.97 Å². The molecule has 0 saturated heterocycles. The largest absolute Gasteiger partial charge is 0.502 e. The minimum Gasteiger partial charge on any atom is -0.502 e. The summed E-state index contributed by atoms with van der Waals surface area (Å²) in [6, 6.07) is 0. The van der Waals surface area contributed by atoms with Gasteiger partial charge in [-0.15, -0.1) is 0 Å². The molecule has 4 nitrogen and oxygen atoms in total. The smallest absolute Gasteiger partial charge is 0.406 e. The van der Waals surface area contributed by atoms with E-state index >= 15 is 0 Å². The molecule has 0 aliphatic carbocycles. The summed E-state index contributed by atoms with van der Waals surface area (Å²) in [6.07, 6.45) is 20.2. The highest BCUT2D eigenvalue weighted by atomic mass is 17.1. The molecule has 0 aliphatic rings. The van der Waals surface area contributed by atoms with Crippen LogP contribution in [-0.2, 0) is 9.68 Å². The number of hydrogen-bond donors (Lipinski definition) is 2. The number of aliphatic hydroxyl groups is 1. The molecule has 2 N–H and O–H groups in total. The fourth-order valence-electron chi connectivity index (χ4n) is 2.30. The molecule has 0 aromatic carbocycles. The number of unbranched alkanes of at least 4 members (excludes halogenated alkanes) is 11. The Hall–Kier alpha value is -1.29. The van der Waals surface area contributed by atoms with Crippen LogP contribution >= 0.6 is 0 Å². The Kier molecular flexibility index (Phi) is 15.1. The third kappa shape index (κ3) is 13.7. The van der Waals surface area contributed by atoms with Gasteiger partial charge in [0.25, 0.3) is 0 Å². The minimum absolute atomic E-state index is 0.599. The van der Waals surface area contributed by atoms with Crippen LogP contribution in [0.15, 0.2) is 24.0 Å². The number of aliphatic hydroxyl groups excluding tert-OH is 1. The maximum absolute atomic E-state index is 10.7. The summed E-state index contributed by atoms with van der Waals surface area (Å²) in [5, 5.41) is 17.1. The SMILES string of the molecule is CCCCCCCCCCCCCC=CC=C(O)C(=O)OO. The summed E-state index contributed by atoms with van der Waals surface area (Å²) in [5.41, 5.74) is 0. The van der Waals surface area contributed by atoms with Crippen molar-refractivity contribution in [1.82, 2.24) is 0 Å². The minimum atomic E-state index is -1.14. The fraction of sp³-hybridized carbons (Fsp3) is 0.722. The van der Waals surface area contributed by atoms with Crippen LogP contribution in [0, 0.1) is 0 Å². The zero-order valence-electron chi connectivity index (χ0n) is 13.9. The lowest BCUT2D eigenvalue weighted by molar-refractivity contribution is -0.232. The molecule has 0 unspecified atom stereocenters. The molecule has 0 aliphatic heterocycles. The topological polar surface area (TPSA) is 66.8 Å². The van der Waals surface area contributed by atoms with Gasteiger partial charge in [-0.3, -0.25) is 4.89 Å². The highest BCUT2D eigenvalue weighted by Gasteiger charge is 2.05. The number of carbonyl (C=O) groups excluding carboxylic acids is 1. The van der Waals surface area contributed by atoms with Crippen LogP contribution in [0.2, 0.25) is 0 Å². The van der Waals surface area contributed by atoms with Gasteiger partial charge in [0.2, 0.25) is 5.76 Å². The first-order valence-electron chi connectivity index (χ1n) is 8.64. The maximum atomic E-state index is 10.7. The van der Waals surface area contributed by atoms with Crippen molar-refractivity contribution < 1.29 is 20.0 Å². The highest BCUT2D eigenvalue weighted by molar-refractivity contribution is 5.85. The molecule has 0 heterocycles. The maximum Gasteiger partial charge on any atom is 0.406 e. The van der Waals surface area contributed by atoms with Gasteiger partial charge in [0.15, 0.2) is 0 Å². The van der Waals surface area contributed by atoms with Gasteiger partial charge in [0, 0.05) is 0 Å². The normalized spacial score (nSPS) is 12.0. The van der Waals surface area contributed by atoms with E-state index in [1.165, 1.54) is 70.3 Å². The van der Waals surface area contributed by atoms with Crippen LogP contribution in [-0.4, -0.2) is 16.3 Å². The van der Waals surface area contributed by atoms with Gasteiger partial charge in [-0.05, 0) is 18.9 Å². The molecule has 0 atom stereocenters. The van der Waals surface area contributed by atoms with E-state index in [0.29, 0.717) is 0 Å². The Balaban J connectivity index is 3.31. The summed E-state index contributed by atoms with van der Waals surface area (Å²) < 4.78 is 0. The van der Waals surface area contributed by atoms with E-state index < -0.39 is 11.7 Å². The molecule has 4 heteroatoms. The first kappa shape index (κ1) is 20.7. The van der Waals surface area contributed by atoms with E-state index in [0.717, 1.165) is 12.8 Å². The monoisotopic (exact) mass is 312 g/mol. The zero-order valence-corrected chi connectivity index (χ0v) is 13.9. The average molecular weight is 312 g/mol. The molecule has 0 amide bonds. The van der Waals surface area contributed by atoms with E-state index in [9.17, 15) is 4.79 Å². The first-order valence-corrected chi connectivity index (χ1v) is 8.64. The standard InChI is InChI=1S/C18H32O4/c1-2-3-4-5-6-7-8-9-10-11-12-13-14-15-16-17(19)18(20)22-21/h14-16,19,21H,2-13H2,1H3. The molecular formula is C18H32O4. The molecule has 0 rings (SSSR count). The van der Waals surface area contributed by atoms with Crippen LogP contribution in [0.25, 0.3) is 0 Å². The van der Waals surface area contributed by atoms with Crippen LogP contribution in [0.3, 0.4) is 0 Å². The fourth-order valence-corrected chi connectivity index (χ4v) is 2.30. The van der Waals surface area contributed by atoms with Crippen molar-refractivity contribution in [3.8, 4) is 0 Å². The molecule has 0 spiro atoms. The molecule has 128 valence electrons. The Bertz CT molecular complexity index is 321. The van der Waals surface area contributed by atoms with Crippen LogP contribution < -0.4 is 0 Å². The summed E-state index contributed by atoms with van der Waals surface area (Å²) in [5.74, 6) is -1.74. The van der Waals surface area contributed by atoms with Crippen molar-refractivity contribution in [2.75, 3.05) is 0 Å². The Morgan fingerprint density at radius 2 is 1.41 bits per heavy atom. The van der Waals surface area contributed by atoms with E-state index in [4.69, 9.17) is 10.4 Å². The summed E-state index contributed by atoms with van der Waals surface area (Å²) in [7, 11) is 0. The highest BCUT2D eigenvalue weighted by Crippen LogP contribution is 2.12. The lowest BCUT2D eigenvalue weighted by Gasteiger charge is -2.01. The average Bonchev–Trinajstić information content (AvgIpc) is 2.54. The van der Waals surface area contributed by atoms with E-state index in [1.807, 2.05) is 6.08 Å². The summed E-state index contributed by atoms with van der Waals surface area (Å²) in [6.45, 7) is 2.25. The molecule has 0 fully saturated rings. The molecule has 0 aromatic heterocycles. The van der Waals surface area contributed by atoms with Crippen LogP contribution in [0.5, 0.6) is 0 Å². The molecular weight excluding hydrogens is 280 g/mol. The van der Waals surface area contributed by atoms with Gasteiger partial charge < -0.3 is 5.11 Å². The molecule has 0 bridgehead atoms. The Labute approximate surface area is 134 Å². The van der Waals surface area contributed by atoms with Gasteiger partial charge in [0.1, 0.15) is 0 Å². The van der Waals surface area contributed by atoms with Gasteiger partial charge in [-0.1, -0.05) is 83.3 Å². The zero-order chi connectivity index (χ0) is 16.5. The second-order valence-electron chi connectivity index (χ2n) is 5.68. The third-order valence-corrected chi connectivity index (χ3v) is 3.66. The van der Waals surface area contributed by atoms with Crippen LogP contribution in [0.4, 0.5) is 0 Å². The predicted octanol–water partition coefficient (Wildman–Crippen LogP) is 5.70. The lowest BCUT2D eigenvalue weighted by Crippen LogP contribution is -2.03. The summed E-state index contributed by atoms with van der Waals surface area (Å²) >= 11 is 0. The second-order valence-corrected chi connectivity index (χ2v) is 5.68. The number of hydrogen-bond acceptors (Lipinski definition) is 4. The number of carbonyl (C=O) groups is 1. The lowest BCUT2D eigenvalue weighted by atomic mass is 10.1. The quantitative estimate of drug-likeness (QED) is 0.108. The number of allylic oxidation sites excluding steroid dienone is 3. The van der Waals surface area contributed by atoms with Crippen molar-refractivity contribution in [3.63, 3.8) is 0 Å². The molecule has 0 saturated carbocycles. The van der Waals surface area contributed by atoms with Gasteiger partial charge in [0.05, 0.1) is 0 Å². The molecule has 0 radical (unpaired) electrons. The summed E-state index contributed by atoms with van der Waals surface area (Å²) in [4.78, 5) is 14.0. The second kappa shape index (κ2) is 16.1. The van der Waals surface area contributed by atoms with Crippen LogP contribution in [0.1, 0.15) is 84.0 Å². The van der Waals surface area contributed by atoms with Crippen molar-refractivity contribution in [2.24, 2.45) is 0 Å². The first-order chi connectivity index (χ1) is 10.7. The Morgan fingerprint density at radius 3 is 1.91 bits per heavy atom. The van der Waals surface area contributed by atoms with Gasteiger partial charge in [-0.25, -0.2) is 4.79 Å². The van der Waals surface area contributed by atoms with E-state index in [2.05, 4.69) is 11.8 Å². The van der Waals surface area contributed by atoms with Crippen molar-refractivity contribution in [1.29, 1.82) is 0 Å². The van der Waals surface area contributed by atoms with E-state index in [1.54, 1.807) is 6.08 Å². The molecule has 0 aromatic rings. The molecule has 22 heavy (non-hydrogen) atoms. The van der Waals surface area contributed by atoms with Gasteiger partial charge >= 0.3 is 5.97 Å². The predicted molar refractivity (Wildman–Crippen MR) is 89.7 cm³/mol.